The lowest BCUT2D eigenvalue weighted by Gasteiger charge is -2.04. The maximum Gasteiger partial charge on any atom is 0.352 e. The van der Waals surface area contributed by atoms with Gasteiger partial charge in [0.05, 0.1) is 6.61 Å². The van der Waals surface area contributed by atoms with E-state index in [4.69, 9.17) is 16.9 Å². The zero-order valence-corrected chi connectivity index (χ0v) is 9.86. The number of carbonyl (C=O) groups excluding carboxylic acids is 1. The van der Waals surface area contributed by atoms with Crippen LogP contribution in [0.1, 0.15) is 12.5 Å². The van der Waals surface area contributed by atoms with Crippen molar-refractivity contribution < 1.29 is 14.6 Å². The Morgan fingerprint density at radius 2 is 2.29 bits per heavy atom. The van der Waals surface area contributed by atoms with Gasteiger partial charge in [-0.3, -0.25) is 0 Å². The molecule has 5 heteroatoms. The second kappa shape index (κ2) is 5.92. The summed E-state index contributed by atoms with van der Waals surface area (Å²) in [6, 6.07) is 7.83. The number of benzene rings is 1. The third kappa shape index (κ3) is 3.23. The predicted molar refractivity (Wildman–Crippen MR) is 63.2 cm³/mol. The fourth-order valence-corrected chi connectivity index (χ4v) is 1.37. The summed E-state index contributed by atoms with van der Waals surface area (Å²) in [6.45, 7) is 1.75. The van der Waals surface area contributed by atoms with Gasteiger partial charge in [0.15, 0.2) is 5.57 Å². The van der Waals surface area contributed by atoms with Crippen LogP contribution in [-0.2, 0) is 9.53 Å². The fourth-order valence-electron chi connectivity index (χ4n) is 1.18. The van der Waals surface area contributed by atoms with E-state index in [1.165, 1.54) is 12.1 Å². The van der Waals surface area contributed by atoms with E-state index in [0.29, 0.717) is 10.6 Å². The number of hydrogen-bond acceptors (Lipinski definition) is 4. The Hall–Kier alpha value is -1.99. The molecule has 0 atom stereocenters. The molecule has 1 N–H and O–H groups in total. The van der Waals surface area contributed by atoms with Crippen molar-refractivity contribution in [2.45, 2.75) is 6.92 Å². The number of halogens is 1. The number of nitrogens with zero attached hydrogens (tertiary/aromatic N) is 1. The Balaban J connectivity index is 3.18. The average molecular weight is 252 g/mol. The summed E-state index contributed by atoms with van der Waals surface area (Å²) in [7, 11) is 0. The molecule has 0 radical (unpaired) electrons. The van der Waals surface area contributed by atoms with Crippen LogP contribution >= 0.6 is 11.6 Å². The van der Waals surface area contributed by atoms with Gasteiger partial charge in [-0.1, -0.05) is 23.7 Å². The van der Waals surface area contributed by atoms with E-state index in [2.05, 4.69) is 4.74 Å². The molecule has 4 nitrogen and oxygen atoms in total. The molecule has 0 aliphatic heterocycles. The quantitative estimate of drug-likeness (QED) is 0.388. The van der Waals surface area contributed by atoms with Gasteiger partial charge in [-0.25, -0.2) is 4.79 Å². The van der Waals surface area contributed by atoms with Crippen molar-refractivity contribution in [1.82, 2.24) is 0 Å². The number of aliphatic hydroxyl groups is 1. The summed E-state index contributed by atoms with van der Waals surface area (Å²) in [5.41, 5.74) is -0.142. The van der Waals surface area contributed by atoms with Crippen LogP contribution in [0, 0.1) is 11.3 Å². The number of carbonyl (C=O) groups is 1. The minimum atomic E-state index is -0.854. The van der Waals surface area contributed by atoms with Gasteiger partial charge in [0.25, 0.3) is 0 Å². The lowest BCUT2D eigenvalue weighted by atomic mass is 10.1. The zero-order valence-electron chi connectivity index (χ0n) is 9.11. The Morgan fingerprint density at radius 3 is 2.82 bits per heavy atom. The first kappa shape index (κ1) is 13.1. The van der Waals surface area contributed by atoms with Crippen LogP contribution in [0.3, 0.4) is 0 Å². The third-order valence-electron chi connectivity index (χ3n) is 1.93. The topological polar surface area (TPSA) is 70.3 Å². The van der Waals surface area contributed by atoms with E-state index >= 15 is 0 Å². The molecule has 0 bridgehead atoms. The van der Waals surface area contributed by atoms with E-state index in [1.807, 2.05) is 0 Å². The van der Waals surface area contributed by atoms with Gasteiger partial charge in [-0.05, 0) is 19.1 Å². The number of ether oxygens (including phenoxy) is 1. The molecule has 0 saturated carbocycles. The summed E-state index contributed by atoms with van der Waals surface area (Å²) < 4.78 is 4.66. The van der Waals surface area contributed by atoms with E-state index in [-0.39, 0.29) is 6.61 Å². The minimum absolute atomic E-state index is 0.132. The monoisotopic (exact) mass is 251 g/mol. The molecule has 17 heavy (non-hydrogen) atoms. The van der Waals surface area contributed by atoms with Crippen molar-refractivity contribution >= 4 is 23.3 Å². The van der Waals surface area contributed by atoms with Crippen LogP contribution in [0.2, 0.25) is 5.02 Å². The lowest BCUT2D eigenvalue weighted by Crippen LogP contribution is -2.08. The van der Waals surface area contributed by atoms with Crippen LogP contribution in [0.25, 0.3) is 5.76 Å². The van der Waals surface area contributed by atoms with Gasteiger partial charge in [0.1, 0.15) is 11.8 Å². The van der Waals surface area contributed by atoms with Crippen molar-refractivity contribution in [2.24, 2.45) is 0 Å². The molecule has 0 aromatic heterocycles. The van der Waals surface area contributed by atoms with Crippen molar-refractivity contribution in [2.75, 3.05) is 6.61 Å². The van der Waals surface area contributed by atoms with Crippen LogP contribution in [0.4, 0.5) is 0 Å². The minimum Gasteiger partial charge on any atom is -0.506 e. The molecule has 1 rings (SSSR count). The van der Waals surface area contributed by atoms with Gasteiger partial charge in [-0.15, -0.1) is 0 Å². The number of nitriles is 1. The second-order valence-electron chi connectivity index (χ2n) is 3.07. The fraction of sp³-hybridized carbons (Fsp3) is 0.167. The Labute approximate surface area is 104 Å². The van der Waals surface area contributed by atoms with Gasteiger partial charge in [-0.2, -0.15) is 5.26 Å². The van der Waals surface area contributed by atoms with Crippen molar-refractivity contribution in [1.29, 1.82) is 5.26 Å². The van der Waals surface area contributed by atoms with Crippen molar-refractivity contribution in [3.63, 3.8) is 0 Å². The van der Waals surface area contributed by atoms with Gasteiger partial charge >= 0.3 is 5.97 Å². The first-order valence-electron chi connectivity index (χ1n) is 4.86. The zero-order chi connectivity index (χ0) is 12.8. The molecule has 0 amide bonds. The summed E-state index contributed by atoms with van der Waals surface area (Å²) in [4.78, 5) is 11.4. The Bertz CT molecular complexity index is 503. The number of aliphatic hydroxyl groups excluding tert-OH is 1. The molecule has 1 aromatic rings. The van der Waals surface area contributed by atoms with E-state index in [0.717, 1.165) is 0 Å². The highest BCUT2D eigenvalue weighted by Crippen LogP contribution is 2.20. The van der Waals surface area contributed by atoms with Crippen molar-refractivity contribution in [3.05, 3.63) is 40.4 Å². The number of hydrogen-bond donors (Lipinski definition) is 1. The first-order chi connectivity index (χ1) is 8.10. The SMILES string of the molecule is CCOC(=O)/C(C#N)=C(/O)c1cccc(Cl)c1. The summed E-state index contributed by atoms with van der Waals surface area (Å²) in [5.74, 6) is -1.29. The summed E-state index contributed by atoms with van der Waals surface area (Å²) in [5, 5.41) is 19.0. The van der Waals surface area contributed by atoms with Crippen LogP contribution in [0.15, 0.2) is 29.8 Å². The highest BCUT2D eigenvalue weighted by atomic mass is 35.5. The maximum absolute atomic E-state index is 11.4. The maximum atomic E-state index is 11.4. The van der Waals surface area contributed by atoms with Gasteiger partial charge in [0, 0.05) is 10.6 Å². The largest absolute Gasteiger partial charge is 0.506 e. The molecule has 1 aromatic carbocycles. The lowest BCUT2D eigenvalue weighted by molar-refractivity contribution is -0.138. The Morgan fingerprint density at radius 1 is 1.59 bits per heavy atom. The van der Waals surface area contributed by atoms with Crippen LogP contribution in [0.5, 0.6) is 0 Å². The van der Waals surface area contributed by atoms with Gasteiger partial charge in [0.2, 0.25) is 0 Å². The molecule has 88 valence electrons. The summed E-state index contributed by atoms with van der Waals surface area (Å²) in [6.07, 6.45) is 0. The number of rotatable bonds is 3. The molecule has 0 fully saturated rings. The molecule has 0 spiro atoms. The molecule has 0 heterocycles. The molecular formula is C12H10ClNO3. The summed E-state index contributed by atoms with van der Waals surface area (Å²) >= 11 is 5.74. The average Bonchev–Trinajstić information content (AvgIpc) is 2.30. The normalized spacial score (nSPS) is 11.4. The highest BCUT2D eigenvalue weighted by Gasteiger charge is 2.17. The standard InChI is InChI=1S/C12H10ClNO3/c1-2-17-12(16)10(7-14)11(15)8-4-3-5-9(13)6-8/h3-6,15H,2H2,1H3/b11-10+. The molecule has 0 aliphatic rings. The molecule has 0 unspecified atom stereocenters. The van der Waals surface area contributed by atoms with Gasteiger partial charge < -0.3 is 9.84 Å². The molecular weight excluding hydrogens is 242 g/mol. The van der Waals surface area contributed by atoms with E-state index in [9.17, 15) is 9.90 Å². The van der Waals surface area contributed by atoms with Crippen LogP contribution in [-0.4, -0.2) is 17.7 Å². The predicted octanol–water partition coefficient (Wildman–Crippen LogP) is 2.70. The number of esters is 1. The second-order valence-corrected chi connectivity index (χ2v) is 3.50. The molecule has 0 saturated heterocycles. The molecule has 0 aliphatic carbocycles. The first-order valence-corrected chi connectivity index (χ1v) is 5.24. The van der Waals surface area contributed by atoms with E-state index in [1.54, 1.807) is 25.1 Å². The van der Waals surface area contributed by atoms with Crippen molar-refractivity contribution in [3.8, 4) is 6.07 Å². The van der Waals surface area contributed by atoms with E-state index < -0.39 is 17.3 Å². The Kier molecular flexibility index (Phi) is 4.56. The van der Waals surface area contributed by atoms with Crippen LogP contribution < -0.4 is 0 Å². The highest BCUT2D eigenvalue weighted by molar-refractivity contribution is 6.30. The third-order valence-corrected chi connectivity index (χ3v) is 2.16. The smallest absolute Gasteiger partial charge is 0.352 e.